The zero-order chi connectivity index (χ0) is 28.7. The number of amides is 2. The molecule has 2 unspecified atom stereocenters. The zero-order valence-electron chi connectivity index (χ0n) is 24.8. The molecular formula is C33H45N5O3. The summed E-state index contributed by atoms with van der Waals surface area (Å²) in [6.07, 6.45) is 4.71. The molecule has 2 fully saturated rings. The Morgan fingerprint density at radius 2 is 1.76 bits per heavy atom. The Bertz CT molecular complexity index is 1280. The number of hydrogen-bond donors (Lipinski definition) is 2. The van der Waals surface area contributed by atoms with Crippen molar-refractivity contribution in [3.8, 4) is 0 Å². The molecule has 2 atom stereocenters. The van der Waals surface area contributed by atoms with Crippen LogP contribution in [0.15, 0.2) is 42.5 Å². The fourth-order valence-corrected chi connectivity index (χ4v) is 7.43. The van der Waals surface area contributed by atoms with Crippen LogP contribution in [-0.2, 0) is 13.0 Å². The molecule has 2 aromatic rings. The molecule has 220 valence electrons. The highest BCUT2D eigenvalue weighted by molar-refractivity contribution is 6.03. The number of hydrogen-bond acceptors (Lipinski definition) is 6. The molecule has 1 aliphatic carbocycles. The van der Waals surface area contributed by atoms with Crippen LogP contribution in [0.4, 0.5) is 5.69 Å². The average molecular weight is 560 g/mol. The summed E-state index contributed by atoms with van der Waals surface area (Å²) in [6.45, 7) is 6.64. The summed E-state index contributed by atoms with van der Waals surface area (Å²) in [6, 6.07) is 14.5. The molecule has 41 heavy (non-hydrogen) atoms. The van der Waals surface area contributed by atoms with Crippen LogP contribution in [0, 0.1) is 5.41 Å². The Balaban J connectivity index is 1.13. The van der Waals surface area contributed by atoms with E-state index in [1.165, 1.54) is 24.0 Å². The van der Waals surface area contributed by atoms with Gasteiger partial charge < -0.3 is 30.0 Å². The molecule has 4 aliphatic rings. The first-order valence-corrected chi connectivity index (χ1v) is 15.4. The van der Waals surface area contributed by atoms with Crippen molar-refractivity contribution in [2.24, 2.45) is 5.41 Å². The Kier molecular flexibility index (Phi) is 7.83. The third kappa shape index (κ3) is 5.49. The van der Waals surface area contributed by atoms with Gasteiger partial charge in [-0.15, -0.1) is 0 Å². The van der Waals surface area contributed by atoms with Crippen molar-refractivity contribution < 1.29 is 14.7 Å². The number of carbonyl (C=O) groups excluding carboxylic acids is 2. The van der Waals surface area contributed by atoms with E-state index in [-0.39, 0.29) is 24.4 Å². The van der Waals surface area contributed by atoms with Crippen molar-refractivity contribution in [1.29, 1.82) is 0 Å². The normalized spacial score (nSPS) is 23.2. The summed E-state index contributed by atoms with van der Waals surface area (Å²) in [5.74, 6) is -0.0135. The molecule has 3 aliphatic heterocycles. The standard InChI is InChI=1S/C33H45N5O3/c1-4-36-15-16-38(22-30(39)28-17-23-7-5-6-8-25(23)21-34-28)32(41)27-10-9-24(18-29(27)36)31(40)37-13-11-33(12-14-37)19-26(20-33)35(2)3/h5-10,18,26,28,30,34,39H,4,11-17,19-22H2,1-3H3. The van der Waals surface area contributed by atoms with Gasteiger partial charge in [-0.1, -0.05) is 24.3 Å². The summed E-state index contributed by atoms with van der Waals surface area (Å²) in [5, 5.41) is 14.6. The van der Waals surface area contributed by atoms with E-state index < -0.39 is 6.10 Å². The van der Waals surface area contributed by atoms with E-state index in [0.29, 0.717) is 35.7 Å². The fourth-order valence-electron chi connectivity index (χ4n) is 7.43. The number of nitrogens with zero attached hydrogens (tertiary/aromatic N) is 4. The number of piperidine rings is 1. The number of fused-ring (bicyclic) bond motifs is 2. The maximum atomic E-state index is 13.8. The van der Waals surface area contributed by atoms with Crippen LogP contribution in [0.25, 0.3) is 0 Å². The van der Waals surface area contributed by atoms with Gasteiger partial charge in [0.2, 0.25) is 0 Å². The van der Waals surface area contributed by atoms with Crippen molar-refractivity contribution in [3.05, 3.63) is 64.7 Å². The van der Waals surface area contributed by atoms with Gasteiger partial charge in [0.05, 0.1) is 17.4 Å². The molecule has 1 spiro atoms. The van der Waals surface area contributed by atoms with Crippen molar-refractivity contribution in [2.75, 3.05) is 58.3 Å². The number of likely N-dealkylation sites (tertiary alicyclic amines) is 1. The predicted octanol–water partition coefficient (Wildman–Crippen LogP) is 2.99. The minimum Gasteiger partial charge on any atom is -0.390 e. The highest BCUT2D eigenvalue weighted by Crippen LogP contribution is 2.50. The third-order valence-corrected chi connectivity index (χ3v) is 10.3. The molecule has 8 nitrogen and oxygen atoms in total. The summed E-state index contributed by atoms with van der Waals surface area (Å²) in [5.41, 5.74) is 5.03. The van der Waals surface area contributed by atoms with Crippen molar-refractivity contribution in [1.82, 2.24) is 20.0 Å². The molecule has 8 heteroatoms. The molecule has 1 saturated carbocycles. The van der Waals surface area contributed by atoms with Crippen LogP contribution in [0.1, 0.15) is 64.4 Å². The first-order chi connectivity index (χ1) is 19.8. The lowest BCUT2D eigenvalue weighted by molar-refractivity contribution is -0.0231. The first kappa shape index (κ1) is 28.2. The monoisotopic (exact) mass is 559 g/mol. The highest BCUT2D eigenvalue weighted by Gasteiger charge is 2.47. The lowest BCUT2D eigenvalue weighted by Crippen LogP contribution is -2.54. The Morgan fingerprint density at radius 1 is 1.05 bits per heavy atom. The molecule has 2 N–H and O–H groups in total. The first-order valence-electron chi connectivity index (χ1n) is 15.4. The topological polar surface area (TPSA) is 79.4 Å². The summed E-state index contributed by atoms with van der Waals surface area (Å²) in [4.78, 5) is 35.6. The quantitative estimate of drug-likeness (QED) is 0.567. The zero-order valence-corrected chi connectivity index (χ0v) is 24.8. The van der Waals surface area contributed by atoms with E-state index in [0.717, 1.165) is 51.1 Å². The molecule has 0 radical (unpaired) electrons. The highest BCUT2D eigenvalue weighted by atomic mass is 16.3. The number of rotatable bonds is 6. The molecule has 3 heterocycles. The number of β-amino-alcohol motifs (C(OH)–C–C–N with tert-alkyl or cyclic N) is 1. The largest absolute Gasteiger partial charge is 0.390 e. The minimum absolute atomic E-state index is 0.0646. The molecule has 6 rings (SSSR count). The lowest BCUT2D eigenvalue weighted by atomic mass is 9.60. The van der Waals surface area contributed by atoms with E-state index in [9.17, 15) is 14.7 Å². The van der Waals surface area contributed by atoms with Crippen molar-refractivity contribution in [3.63, 3.8) is 0 Å². The number of carbonyl (C=O) groups is 2. The number of aliphatic hydroxyl groups excluding tert-OH is 1. The van der Waals surface area contributed by atoms with E-state index >= 15 is 0 Å². The fraction of sp³-hybridized carbons (Fsp3) is 0.576. The molecule has 1 saturated heterocycles. The van der Waals surface area contributed by atoms with Gasteiger partial charge in [-0.05, 0) is 87.9 Å². The Hall–Kier alpha value is -2.94. The number of anilines is 1. The van der Waals surface area contributed by atoms with Gasteiger partial charge in [0.1, 0.15) is 0 Å². The van der Waals surface area contributed by atoms with E-state index in [2.05, 4.69) is 48.3 Å². The average Bonchev–Trinajstić information content (AvgIpc) is 3.10. The second kappa shape index (κ2) is 11.4. The molecule has 0 aromatic heterocycles. The second-order valence-electron chi connectivity index (χ2n) is 12.9. The Morgan fingerprint density at radius 3 is 2.46 bits per heavy atom. The van der Waals surface area contributed by atoms with Gasteiger partial charge in [-0.3, -0.25) is 9.59 Å². The SMILES string of the molecule is CCN1CCN(CC(O)C2Cc3ccccc3CN2)C(=O)c2ccc(C(=O)N3CCC4(CC3)CC(N(C)C)C4)cc21. The van der Waals surface area contributed by atoms with Crippen LogP contribution >= 0.6 is 0 Å². The van der Waals surface area contributed by atoms with Gasteiger partial charge in [-0.2, -0.15) is 0 Å². The molecule has 0 bridgehead atoms. The maximum absolute atomic E-state index is 13.8. The summed E-state index contributed by atoms with van der Waals surface area (Å²) >= 11 is 0. The molecule has 2 aromatic carbocycles. The van der Waals surface area contributed by atoms with E-state index in [4.69, 9.17) is 0 Å². The van der Waals surface area contributed by atoms with Crippen LogP contribution in [-0.4, -0.2) is 103 Å². The number of likely N-dealkylation sites (N-methyl/N-ethyl adjacent to an activating group) is 1. The number of aliphatic hydroxyl groups is 1. The molecular weight excluding hydrogens is 514 g/mol. The smallest absolute Gasteiger partial charge is 0.256 e. The lowest BCUT2D eigenvalue weighted by Gasteiger charge is -2.54. The van der Waals surface area contributed by atoms with Gasteiger partial charge in [0.25, 0.3) is 11.8 Å². The Labute approximate surface area is 244 Å². The molecule has 2 amide bonds. The predicted molar refractivity (Wildman–Crippen MR) is 161 cm³/mol. The van der Waals surface area contributed by atoms with Gasteiger partial charge >= 0.3 is 0 Å². The summed E-state index contributed by atoms with van der Waals surface area (Å²) in [7, 11) is 4.32. The van der Waals surface area contributed by atoms with Crippen LogP contribution < -0.4 is 10.2 Å². The third-order valence-electron chi connectivity index (χ3n) is 10.3. The van der Waals surface area contributed by atoms with Gasteiger partial charge in [0, 0.05) is 63.5 Å². The van der Waals surface area contributed by atoms with Gasteiger partial charge in [-0.25, -0.2) is 0 Å². The van der Waals surface area contributed by atoms with Crippen LogP contribution in [0.2, 0.25) is 0 Å². The number of nitrogens with one attached hydrogen (secondary N) is 1. The van der Waals surface area contributed by atoms with Crippen LogP contribution in [0.3, 0.4) is 0 Å². The van der Waals surface area contributed by atoms with E-state index in [1.807, 2.05) is 35.2 Å². The summed E-state index contributed by atoms with van der Waals surface area (Å²) < 4.78 is 0. The minimum atomic E-state index is -0.671. The second-order valence-corrected chi connectivity index (χ2v) is 12.9. The van der Waals surface area contributed by atoms with Crippen molar-refractivity contribution in [2.45, 2.75) is 63.8 Å². The van der Waals surface area contributed by atoms with Crippen LogP contribution in [0.5, 0.6) is 0 Å². The van der Waals surface area contributed by atoms with E-state index in [1.54, 1.807) is 4.90 Å². The van der Waals surface area contributed by atoms with Gasteiger partial charge in [0.15, 0.2) is 0 Å². The van der Waals surface area contributed by atoms with Crippen molar-refractivity contribution >= 4 is 17.5 Å². The maximum Gasteiger partial charge on any atom is 0.256 e. The number of benzene rings is 2.